The van der Waals surface area contributed by atoms with Crippen LogP contribution in [0.25, 0.3) is 0 Å². The summed E-state index contributed by atoms with van der Waals surface area (Å²) in [6.45, 7) is 2.42. The van der Waals surface area contributed by atoms with Crippen LogP contribution >= 0.6 is 23.4 Å². The summed E-state index contributed by atoms with van der Waals surface area (Å²) in [6, 6.07) is 7.67. The Balaban J connectivity index is 1.55. The van der Waals surface area contributed by atoms with Crippen molar-refractivity contribution >= 4 is 29.3 Å². The van der Waals surface area contributed by atoms with Gasteiger partial charge in [-0.1, -0.05) is 16.8 Å². The van der Waals surface area contributed by atoms with Crippen LogP contribution in [0.15, 0.2) is 33.7 Å². The molecule has 0 saturated heterocycles. The lowest BCUT2D eigenvalue weighted by Crippen LogP contribution is -2.25. The number of amides is 1. The highest BCUT2D eigenvalue weighted by Gasteiger charge is 2.05. The van der Waals surface area contributed by atoms with E-state index in [1.807, 2.05) is 24.3 Å². The van der Waals surface area contributed by atoms with Gasteiger partial charge in [-0.15, -0.1) is 11.8 Å². The van der Waals surface area contributed by atoms with E-state index in [-0.39, 0.29) is 5.91 Å². The molecule has 1 aromatic carbocycles. The van der Waals surface area contributed by atoms with E-state index in [1.54, 1.807) is 18.7 Å². The Bertz CT molecular complexity index is 601. The first-order valence-corrected chi connectivity index (χ1v) is 8.44. The minimum absolute atomic E-state index is 0.0490. The minimum Gasteiger partial charge on any atom is -0.355 e. The van der Waals surface area contributed by atoms with Gasteiger partial charge in [-0.05, 0) is 37.6 Å². The number of thioether (sulfide) groups is 1. The zero-order valence-electron chi connectivity index (χ0n) is 12.3. The fraction of sp³-hybridized carbons (Fsp3) is 0.400. The van der Waals surface area contributed by atoms with Gasteiger partial charge in [-0.25, -0.2) is 0 Å². The molecule has 0 atom stereocenters. The van der Waals surface area contributed by atoms with E-state index in [9.17, 15) is 4.79 Å². The molecule has 7 heteroatoms. The van der Waals surface area contributed by atoms with E-state index in [0.29, 0.717) is 37.5 Å². The van der Waals surface area contributed by atoms with Crippen LogP contribution < -0.4 is 5.32 Å². The van der Waals surface area contributed by atoms with Crippen LogP contribution in [-0.4, -0.2) is 28.3 Å². The summed E-state index contributed by atoms with van der Waals surface area (Å²) in [6.07, 6.45) is 1.80. The molecule has 0 saturated carbocycles. The van der Waals surface area contributed by atoms with Crippen molar-refractivity contribution in [3.05, 3.63) is 41.0 Å². The molecule has 1 aromatic heterocycles. The van der Waals surface area contributed by atoms with Crippen LogP contribution in [-0.2, 0) is 11.2 Å². The predicted molar refractivity (Wildman–Crippen MR) is 87.2 cm³/mol. The Hall–Kier alpha value is -1.53. The molecule has 0 spiro atoms. The summed E-state index contributed by atoms with van der Waals surface area (Å²) in [4.78, 5) is 16.9. The van der Waals surface area contributed by atoms with Crippen LogP contribution in [0.4, 0.5) is 0 Å². The standard InChI is InChI=1S/C15H18ClN3O2S/c1-11-18-15(21-19-11)4-2-3-14(20)17-9-10-22-13-7-5-12(16)6-8-13/h5-8H,2-4,9-10H2,1H3,(H,17,20). The minimum atomic E-state index is 0.0490. The number of nitrogens with zero attached hydrogens (tertiary/aromatic N) is 2. The maximum atomic E-state index is 11.7. The van der Waals surface area contributed by atoms with Crippen LogP contribution in [0, 0.1) is 6.92 Å². The van der Waals surface area contributed by atoms with Crippen molar-refractivity contribution in [1.29, 1.82) is 0 Å². The van der Waals surface area contributed by atoms with E-state index in [4.69, 9.17) is 16.1 Å². The number of rotatable bonds is 8. The number of aryl methyl sites for hydroxylation is 2. The highest BCUT2D eigenvalue weighted by Crippen LogP contribution is 2.19. The van der Waals surface area contributed by atoms with E-state index in [2.05, 4.69) is 15.5 Å². The molecule has 0 radical (unpaired) electrons. The number of halogens is 1. The van der Waals surface area contributed by atoms with Gasteiger partial charge < -0.3 is 9.84 Å². The smallest absolute Gasteiger partial charge is 0.226 e. The first-order valence-electron chi connectivity index (χ1n) is 7.08. The van der Waals surface area contributed by atoms with Gasteiger partial charge in [0.25, 0.3) is 0 Å². The van der Waals surface area contributed by atoms with Crippen LogP contribution in [0.2, 0.25) is 5.02 Å². The molecule has 1 N–H and O–H groups in total. The number of benzene rings is 1. The normalized spacial score (nSPS) is 10.6. The molecular weight excluding hydrogens is 322 g/mol. The lowest BCUT2D eigenvalue weighted by molar-refractivity contribution is -0.121. The average Bonchev–Trinajstić information content (AvgIpc) is 2.91. The second-order valence-electron chi connectivity index (χ2n) is 4.74. The Morgan fingerprint density at radius 3 is 2.82 bits per heavy atom. The van der Waals surface area contributed by atoms with Crippen molar-refractivity contribution in [1.82, 2.24) is 15.5 Å². The SMILES string of the molecule is Cc1noc(CCCC(=O)NCCSc2ccc(Cl)cc2)n1. The van der Waals surface area contributed by atoms with Gasteiger partial charge in [0.1, 0.15) is 0 Å². The Morgan fingerprint density at radius 2 is 2.14 bits per heavy atom. The summed E-state index contributed by atoms with van der Waals surface area (Å²) < 4.78 is 5.00. The number of carbonyl (C=O) groups is 1. The highest BCUT2D eigenvalue weighted by atomic mass is 35.5. The van der Waals surface area contributed by atoms with Crippen LogP contribution in [0.5, 0.6) is 0 Å². The maximum Gasteiger partial charge on any atom is 0.226 e. The van der Waals surface area contributed by atoms with Crippen molar-refractivity contribution in [2.24, 2.45) is 0 Å². The Kier molecular flexibility index (Phi) is 6.74. The van der Waals surface area contributed by atoms with Crippen molar-refractivity contribution in [3.63, 3.8) is 0 Å². The zero-order valence-corrected chi connectivity index (χ0v) is 13.9. The molecule has 118 valence electrons. The molecule has 0 aliphatic rings. The monoisotopic (exact) mass is 339 g/mol. The fourth-order valence-electron chi connectivity index (χ4n) is 1.82. The number of nitrogens with one attached hydrogen (secondary N) is 1. The van der Waals surface area contributed by atoms with Gasteiger partial charge in [0.05, 0.1) is 0 Å². The van der Waals surface area contributed by atoms with Crippen molar-refractivity contribution in [2.75, 3.05) is 12.3 Å². The first-order chi connectivity index (χ1) is 10.6. The molecule has 0 fully saturated rings. The molecular formula is C15H18ClN3O2S. The average molecular weight is 340 g/mol. The zero-order chi connectivity index (χ0) is 15.8. The highest BCUT2D eigenvalue weighted by molar-refractivity contribution is 7.99. The van der Waals surface area contributed by atoms with Crippen molar-refractivity contribution < 1.29 is 9.32 Å². The largest absolute Gasteiger partial charge is 0.355 e. The quantitative estimate of drug-likeness (QED) is 0.590. The Labute approximate surface area is 138 Å². The molecule has 2 aromatic rings. The molecule has 0 bridgehead atoms. The third kappa shape index (κ3) is 6.07. The van der Waals surface area contributed by atoms with E-state index in [1.165, 1.54) is 0 Å². The van der Waals surface area contributed by atoms with E-state index < -0.39 is 0 Å². The van der Waals surface area contributed by atoms with Gasteiger partial charge in [-0.3, -0.25) is 4.79 Å². The van der Waals surface area contributed by atoms with Crippen LogP contribution in [0.3, 0.4) is 0 Å². The molecule has 5 nitrogen and oxygen atoms in total. The number of hydrogen-bond acceptors (Lipinski definition) is 5. The van der Waals surface area contributed by atoms with Gasteiger partial charge >= 0.3 is 0 Å². The third-order valence-electron chi connectivity index (χ3n) is 2.87. The molecule has 0 unspecified atom stereocenters. The Morgan fingerprint density at radius 1 is 1.36 bits per heavy atom. The van der Waals surface area contributed by atoms with Gasteiger partial charge in [0.2, 0.25) is 11.8 Å². The van der Waals surface area contributed by atoms with Gasteiger partial charge in [0.15, 0.2) is 5.82 Å². The number of aromatic nitrogens is 2. The molecule has 1 amide bonds. The molecule has 2 rings (SSSR count). The van der Waals surface area contributed by atoms with E-state index in [0.717, 1.165) is 15.7 Å². The summed E-state index contributed by atoms with van der Waals surface area (Å²) in [7, 11) is 0. The van der Waals surface area contributed by atoms with Crippen LogP contribution in [0.1, 0.15) is 24.6 Å². The van der Waals surface area contributed by atoms with Crippen molar-refractivity contribution in [3.8, 4) is 0 Å². The first kappa shape index (κ1) is 16.8. The summed E-state index contributed by atoms with van der Waals surface area (Å²) in [5.74, 6) is 2.09. The molecule has 0 aliphatic carbocycles. The number of carbonyl (C=O) groups excluding carboxylic acids is 1. The second-order valence-corrected chi connectivity index (χ2v) is 6.35. The third-order valence-corrected chi connectivity index (χ3v) is 4.14. The van der Waals surface area contributed by atoms with E-state index >= 15 is 0 Å². The molecule has 0 aliphatic heterocycles. The lowest BCUT2D eigenvalue weighted by atomic mass is 10.2. The molecule has 1 heterocycles. The van der Waals surface area contributed by atoms with Gasteiger partial charge in [0, 0.05) is 35.1 Å². The summed E-state index contributed by atoms with van der Waals surface area (Å²) >= 11 is 7.52. The number of hydrogen-bond donors (Lipinski definition) is 1. The fourth-order valence-corrected chi connectivity index (χ4v) is 2.71. The maximum absolute atomic E-state index is 11.7. The summed E-state index contributed by atoms with van der Waals surface area (Å²) in [5.41, 5.74) is 0. The summed E-state index contributed by atoms with van der Waals surface area (Å²) in [5, 5.41) is 7.35. The van der Waals surface area contributed by atoms with Crippen molar-refractivity contribution in [2.45, 2.75) is 31.1 Å². The topological polar surface area (TPSA) is 68.0 Å². The predicted octanol–water partition coefficient (Wildman–Crippen LogP) is 3.26. The lowest BCUT2D eigenvalue weighted by Gasteiger charge is -2.05. The van der Waals surface area contributed by atoms with Gasteiger partial charge in [-0.2, -0.15) is 4.98 Å². The second kappa shape index (κ2) is 8.80. The molecule has 22 heavy (non-hydrogen) atoms.